The van der Waals surface area contributed by atoms with Crippen LogP contribution < -0.4 is 0 Å². The molecule has 2 aromatic rings. The Bertz CT molecular complexity index is 672. The fraction of sp³-hybridized carbons (Fsp3) is 0.133. The summed E-state index contributed by atoms with van der Waals surface area (Å²) >= 11 is 0. The van der Waals surface area contributed by atoms with E-state index >= 15 is 0 Å². The minimum absolute atomic E-state index is 0.110. The Morgan fingerprint density at radius 1 is 1.17 bits per heavy atom. The molecular formula is C15H12O3. The van der Waals surface area contributed by atoms with E-state index in [1.54, 1.807) is 6.08 Å². The maximum Gasteiger partial charge on any atom is 0.340 e. The molecule has 0 aliphatic heterocycles. The van der Waals surface area contributed by atoms with Crippen molar-refractivity contribution in [3.8, 4) is 0 Å². The molecule has 3 heteroatoms. The Morgan fingerprint density at radius 3 is 2.50 bits per heavy atom. The second-order valence-electron chi connectivity index (χ2n) is 4.64. The van der Waals surface area contributed by atoms with Crippen molar-refractivity contribution in [2.24, 2.45) is 0 Å². The van der Waals surface area contributed by atoms with Gasteiger partial charge in [-0.3, -0.25) is 0 Å². The lowest BCUT2D eigenvalue weighted by Gasteiger charge is -2.25. The van der Waals surface area contributed by atoms with Gasteiger partial charge in [-0.25, -0.2) is 4.79 Å². The molecule has 0 amide bonds. The molecule has 0 saturated carbocycles. The van der Waals surface area contributed by atoms with Gasteiger partial charge in [0.1, 0.15) is 0 Å². The van der Waals surface area contributed by atoms with Gasteiger partial charge >= 0.3 is 5.97 Å². The molecule has 0 fully saturated rings. The van der Waals surface area contributed by atoms with Crippen molar-refractivity contribution in [3.05, 3.63) is 53.6 Å². The molecule has 2 N–H and O–H groups in total. The number of fused-ring (bicyclic) bond motifs is 2. The first-order chi connectivity index (χ1) is 8.58. The van der Waals surface area contributed by atoms with E-state index in [1.165, 1.54) is 6.08 Å². The Labute approximate surface area is 104 Å². The molecule has 0 saturated heterocycles. The molecule has 0 aromatic heterocycles. The lowest BCUT2D eigenvalue weighted by atomic mass is 9.85. The number of hydrogen-bond acceptors (Lipinski definition) is 2. The molecular weight excluding hydrogens is 228 g/mol. The van der Waals surface area contributed by atoms with Crippen LogP contribution in [-0.4, -0.2) is 21.8 Å². The van der Waals surface area contributed by atoms with Crippen LogP contribution >= 0.6 is 0 Å². The van der Waals surface area contributed by atoms with Crippen LogP contribution in [0, 0.1) is 0 Å². The summed E-state index contributed by atoms with van der Waals surface area (Å²) < 4.78 is 0. The molecule has 18 heavy (non-hydrogen) atoms. The van der Waals surface area contributed by atoms with Crippen molar-refractivity contribution in [1.82, 2.24) is 0 Å². The molecule has 3 nitrogen and oxygen atoms in total. The molecule has 3 rings (SSSR count). The maximum atomic E-state index is 11.0. The van der Waals surface area contributed by atoms with E-state index in [0.717, 1.165) is 21.9 Å². The van der Waals surface area contributed by atoms with Crippen LogP contribution in [0.4, 0.5) is 0 Å². The largest absolute Gasteiger partial charge is 0.479 e. The Kier molecular flexibility index (Phi) is 2.25. The van der Waals surface area contributed by atoms with Gasteiger partial charge in [-0.2, -0.15) is 0 Å². The number of hydrogen-bond donors (Lipinski definition) is 2. The van der Waals surface area contributed by atoms with E-state index in [2.05, 4.69) is 0 Å². The van der Waals surface area contributed by atoms with Crippen molar-refractivity contribution in [3.63, 3.8) is 0 Å². The fourth-order valence-electron chi connectivity index (χ4n) is 2.34. The maximum absolute atomic E-state index is 11.0. The zero-order valence-electron chi connectivity index (χ0n) is 9.63. The van der Waals surface area contributed by atoms with E-state index in [9.17, 15) is 9.90 Å². The van der Waals surface area contributed by atoms with Crippen molar-refractivity contribution < 1.29 is 15.0 Å². The number of carboxylic acids is 1. The van der Waals surface area contributed by atoms with E-state index in [0.29, 0.717) is 0 Å². The SMILES string of the molecule is O=C(O)C1(O)C=Cc2cc3ccccc3cc2C1. The van der Waals surface area contributed by atoms with E-state index in [4.69, 9.17) is 5.11 Å². The summed E-state index contributed by atoms with van der Waals surface area (Å²) in [7, 11) is 0. The van der Waals surface area contributed by atoms with Crippen molar-refractivity contribution in [2.75, 3.05) is 0 Å². The van der Waals surface area contributed by atoms with Crippen LogP contribution in [0.2, 0.25) is 0 Å². The number of rotatable bonds is 1. The van der Waals surface area contributed by atoms with Gasteiger partial charge in [0.05, 0.1) is 0 Å². The molecule has 1 atom stereocenters. The van der Waals surface area contributed by atoms with Crippen LogP contribution in [0.15, 0.2) is 42.5 Å². The third-order valence-corrected chi connectivity index (χ3v) is 3.38. The minimum atomic E-state index is -1.78. The zero-order valence-corrected chi connectivity index (χ0v) is 9.63. The Balaban J connectivity index is 2.17. The van der Waals surface area contributed by atoms with Crippen LogP contribution in [0.25, 0.3) is 16.8 Å². The van der Waals surface area contributed by atoms with Gasteiger partial charge in [0.15, 0.2) is 5.60 Å². The third kappa shape index (κ3) is 1.60. The molecule has 0 spiro atoms. The highest BCUT2D eigenvalue weighted by atomic mass is 16.4. The standard InChI is InChI=1S/C15H12O3/c16-14(17)15(18)6-5-12-7-10-3-1-2-4-11(10)8-13(12)9-15/h1-8,18H,9H2,(H,16,17). The Hall–Kier alpha value is -2.13. The average molecular weight is 240 g/mol. The first kappa shape index (κ1) is 11.0. The topological polar surface area (TPSA) is 57.5 Å². The summed E-state index contributed by atoms with van der Waals surface area (Å²) in [5.41, 5.74) is 0.0517. The number of benzene rings is 2. The molecule has 1 aliphatic carbocycles. The van der Waals surface area contributed by atoms with Crippen LogP contribution in [0.3, 0.4) is 0 Å². The average Bonchev–Trinajstić information content (AvgIpc) is 2.36. The van der Waals surface area contributed by atoms with Gasteiger partial charge in [0.2, 0.25) is 0 Å². The summed E-state index contributed by atoms with van der Waals surface area (Å²) in [5.74, 6) is -1.21. The second kappa shape index (κ2) is 3.68. The number of carbonyl (C=O) groups is 1. The molecule has 90 valence electrons. The molecule has 0 heterocycles. The van der Waals surface area contributed by atoms with Crippen molar-refractivity contribution in [1.29, 1.82) is 0 Å². The molecule has 0 bridgehead atoms. The van der Waals surface area contributed by atoms with E-state index < -0.39 is 11.6 Å². The van der Waals surface area contributed by atoms with Gasteiger partial charge in [-0.05, 0) is 34.0 Å². The molecule has 1 unspecified atom stereocenters. The highest BCUT2D eigenvalue weighted by molar-refractivity contribution is 5.89. The van der Waals surface area contributed by atoms with Crippen LogP contribution in [0.1, 0.15) is 11.1 Å². The normalized spacial score (nSPS) is 21.8. The monoisotopic (exact) mass is 240 g/mol. The fourth-order valence-corrected chi connectivity index (χ4v) is 2.34. The summed E-state index contributed by atoms with van der Waals surface area (Å²) in [6.07, 6.45) is 3.14. The first-order valence-electron chi connectivity index (χ1n) is 5.75. The van der Waals surface area contributed by atoms with Crippen LogP contribution in [0.5, 0.6) is 0 Å². The summed E-state index contributed by atoms with van der Waals surface area (Å²) in [4.78, 5) is 11.0. The smallest absolute Gasteiger partial charge is 0.340 e. The summed E-state index contributed by atoms with van der Waals surface area (Å²) in [6, 6.07) is 11.9. The number of carboxylic acid groups (broad SMARTS) is 1. The third-order valence-electron chi connectivity index (χ3n) is 3.38. The lowest BCUT2D eigenvalue weighted by Crippen LogP contribution is -2.40. The minimum Gasteiger partial charge on any atom is -0.479 e. The Morgan fingerprint density at radius 2 is 1.83 bits per heavy atom. The quantitative estimate of drug-likeness (QED) is 0.803. The zero-order chi connectivity index (χ0) is 12.8. The van der Waals surface area contributed by atoms with Gasteiger partial charge < -0.3 is 10.2 Å². The van der Waals surface area contributed by atoms with Crippen molar-refractivity contribution in [2.45, 2.75) is 12.0 Å². The highest BCUT2D eigenvalue weighted by Gasteiger charge is 2.36. The van der Waals surface area contributed by atoms with Gasteiger partial charge in [-0.1, -0.05) is 36.4 Å². The second-order valence-corrected chi connectivity index (χ2v) is 4.64. The highest BCUT2D eigenvalue weighted by Crippen LogP contribution is 2.29. The van der Waals surface area contributed by atoms with Gasteiger partial charge in [0.25, 0.3) is 0 Å². The van der Waals surface area contributed by atoms with Crippen molar-refractivity contribution >= 4 is 22.8 Å². The number of aliphatic carboxylic acids is 1. The van der Waals surface area contributed by atoms with Gasteiger partial charge in [0, 0.05) is 6.42 Å². The predicted octanol–water partition coefficient (Wildman–Crippen LogP) is 2.22. The van der Waals surface area contributed by atoms with E-state index in [1.807, 2.05) is 36.4 Å². The number of aliphatic hydroxyl groups is 1. The molecule has 2 aromatic carbocycles. The lowest BCUT2D eigenvalue weighted by molar-refractivity contribution is -0.153. The first-order valence-corrected chi connectivity index (χ1v) is 5.75. The summed E-state index contributed by atoms with van der Waals surface area (Å²) in [6.45, 7) is 0. The van der Waals surface area contributed by atoms with E-state index in [-0.39, 0.29) is 6.42 Å². The van der Waals surface area contributed by atoms with Gasteiger partial charge in [-0.15, -0.1) is 0 Å². The predicted molar refractivity (Wildman–Crippen MR) is 69.3 cm³/mol. The van der Waals surface area contributed by atoms with Crippen LogP contribution in [-0.2, 0) is 11.2 Å². The molecule has 1 aliphatic rings. The molecule has 0 radical (unpaired) electrons. The summed E-state index contributed by atoms with van der Waals surface area (Å²) in [5, 5.41) is 21.2.